The molecular formula is C12H13F3N2O2. The number of anilines is 1. The standard InChI is InChI=1S/C12H13F3N2O2/c1-19-7-9(18)6-17-11-3-2-8(5-16)4-10(11)12(13,14)15/h2-4,9,17-18H,6-7H2,1H3. The molecule has 0 bridgehead atoms. The van der Waals surface area contributed by atoms with Crippen molar-refractivity contribution in [1.29, 1.82) is 5.26 Å². The van der Waals surface area contributed by atoms with E-state index in [0.29, 0.717) is 0 Å². The van der Waals surface area contributed by atoms with Gasteiger partial charge in [-0.25, -0.2) is 0 Å². The summed E-state index contributed by atoms with van der Waals surface area (Å²) in [5.41, 5.74) is -1.19. The molecule has 1 unspecified atom stereocenters. The second kappa shape index (κ2) is 6.41. The van der Waals surface area contributed by atoms with Gasteiger partial charge in [0.2, 0.25) is 0 Å². The molecule has 1 aromatic rings. The SMILES string of the molecule is COCC(O)CNc1ccc(C#N)cc1C(F)(F)F. The summed E-state index contributed by atoms with van der Waals surface area (Å²) in [6, 6.07) is 4.87. The Labute approximate surface area is 108 Å². The summed E-state index contributed by atoms with van der Waals surface area (Å²) >= 11 is 0. The van der Waals surface area contributed by atoms with E-state index in [1.807, 2.05) is 0 Å². The summed E-state index contributed by atoms with van der Waals surface area (Å²) in [7, 11) is 1.38. The van der Waals surface area contributed by atoms with Crippen molar-refractivity contribution in [3.05, 3.63) is 29.3 Å². The number of hydrogen-bond donors (Lipinski definition) is 2. The Kier molecular flexibility index (Phi) is 5.15. The van der Waals surface area contributed by atoms with Crippen LogP contribution in [0.4, 0.5) is 18.9 Å². The van der Waals surface area contributed by atoms with Crippen molar-refractivity contribution in [2.45, 2.75) is 12.3 Å². The van der Waals surface area contributed by atoms with Crippen LogP contribution < -0.4 is 5.32 Å². The molecule has 0 aliphatic rings. The van der Waals surface area contributed by atoms with Gasteiger partial charge in [0.25, 0.3) is 0 Å². The Morgan fingerprint density at radius 2 is 2.16 bits per heavy atom. The Bertz CT molecular complexity index is 469. The van der Waals surface area contributed by atoms with Crippen molar-refractivity contribution < 1.29 is 23.0 Å². The molecule has 1 rings (SSSR count). The van der Waals surface area contributed by atoms with Crippen molar-refractivity contribution in [3.63, 3.8) is 0 Å². The normalized spacial score (nSPS) is 12.8. The Balaban J connectivity index is 2.91. The molecule has 0 amide bonds. The van der Waals surface area contributed by atoms with Gasteiger partial charge in [-0.15, -0.1) is 0 Å². The average molecular weight is 274 g/mol. The van der Waals surface area contributed by atoms with Crippen LogP contribution in [-0.2, 0) is 10.9 Å². The van der Waals surface area contributed by atoms with Crippen molar-refractivity contribution in [2.24, 2.45) is 0 Å². The Hall–Kier alpha value is -1.78. The van der Waals surface area contributed by atoms with E-state index in [1.165, 1.54) is 19.2 Å². The van der Waals surface area contributed by atoms with E-state index in [4.69, 9.17) is 5.26 Å². The van der Waals surface area contributed by atoms with Crippen LogP contribution in [0.2, 0.25) is 0 Å². The largest absolute Gasteiger partial charge is 0.418 e. The third-order valence-corrected chi connectivity index (χ3v) is 2.34. The zero-order valence-corrected chi connectivity index (χ0v) is 10.2. The quantitative estimate of drug-likeness (QED) is 0.862. The number of halogens is 3. The molecule has 0 aromatic heterocycles. The van der Waals surface area contributed by atoms with Gasteiger partial charge < -0.3 is 15.2 Å². The number of aliphatic hydroxyl groups excluding tert-OH is 1. The molecule has 0 aliphatic carbocycles. The number of rotatable bonds is 5. The highest BCUT2D eigenvalue weighted by molar-refractivity contribution is 5.56. The molecule has 0 radical (unpaired) electrons. The number of methoxy groups -OCH3 is 1. The van der Waals surface area contributed by atoms with Gasteiger partial charge >= 0.3 is 6.18 Å². The lowest BCUT2D eigenvalue weighted by atomic mass is 10.1. The first-order valence-electron chi connectivity index (χ1n) is 5.40. The fraction of sp³-hybridized carbons (Fsp3) is 0.417. The minimum atomic E-state index is -4.57. The summed E-state index contributed by atoms with van der Waals surface area (Å²) in [5.74, 6) is 0. The molecule has 4 nitrogen and oxygen atoms in total. The van der Waals surface area contributed by atoms with Gasteiger partial charge in [-0.2, -0.15) is 18.4 Å². The van der Waals surface area contributed by atoms with Gasteiger partial charge in [0, 0.05) is 19.3 Å². The minimum absolute atomic E-state index is 0.0185. The summed E-state index contributed by atoms with van der Waals surface area (Å²) in [5, 5.41) is 20.5. The van der Waals surface area contributed by atoms with E-state index < -0.39 is 17.8 Å². The third-order valence-electron chi connectivity index (χ3n) is 2.34. The van der Waals surface area contributed by atoms with Gasteiger partial charge in [0.15, 0.2) is 0 Å². The fourth-order valence-electron chi connectivity index (χ4n) is 1.48. The summed E-state index contributed by atoms with van der Waals surface area (Å²) in [4.78, 5) is 0. The van der Waals surface area contributed by atoms with Crippen LogP contribution in [0.25, 0.3) is 0 Å². The molecule has 19 heavy (non-hydrogen) atoms. The predicted molar refractivity (Wildman–Crippen MR) is 62.5 cm³/mol. The van der Waals surface area contributed by atoms with Crippen LogP contribution in [0.5, 0.6) is 0 Å². The predicted octanol–water partition coefficient (Wildman–Crippen LogP) is 2.00. The summed E-state index contributed by atoms with van der Waals surface area (Å²) in [6.07, 6.45) is -5.48. The van der Waals surface area contributed by atoms with E-state index in [-0.39, 0.29) is 24.4 Å². The lowest BCUT2D eigenvalue weighted by Gasteiger charge is -2.16. The average Bonchev–Trinajstić information content (AvgIpc) is 2.35. The molecule has 104 valence electrons. The minimum Gasteiger partial charge on any atom is -0.389 e. The van der Waals surface area contributed by atoms with Crippen molar-refractivity contribution >= 4 is 5.69 Å². The summed E-state index contributed by atoms with van der Waals surface area (Å²) < 4.78 is 43.1. The topological polar surface area (TPSA) is 65.3 Å². The molecule has 1 aromatic carbocycles. The van der Waals surface area contributed by atoms with Crippen LogP contribution in [0.3, 0.4) is 0 Å². The van der Waals surface area contributed by atoms with Gasteiger partial charge in [0.1, 0.15) is 0 Å². The Morgan fingerprint density at radius 3 is 2.68 bits per heavy atom. The number of alkyl halides is 3. The van der Waals surface area contributed by atoms with E-state index in [9.17, 15) is 18.3 Å². The van der Waals surface area contributed by atoms with Crippen LogP contribution in [0, 0.1) is 11.3 Å². The van der Waals surface area contributed by atoms with E-state index in [2.05, 4.69) is 10.1 Å². The second-order valence-corrected chi connectivity index (χ2v) is 3.86. The highest BCUT2D eigenvalue weighted by atomic mass is 19.4. The van der Waals surface area contributed by atoms with Crippen LogP contribution >= 0.6 is 0 Å². The lowest BCUT2D eigenvalue weighted by Crippen LogP contribution is -2.25. The summed E-state index contributed by atoms with van der Waals surface area (Å²) in [6.45, 7) is -0.0621. The highest BCUT2D eigenvalue weighted by Crippen LogP contribution is 2.35. The third kappa shape index (κ3) is 4.43. The van der Waals surface area contributed by atoms with Crippen LogP contribution in [0.1, 0.15) is 11.1 Å². The first kappa shape index (κ1) is 15.3. The molecule has 0 aliphatic heterocycles. The fourth-order valence-corrected chi connectivity index (χ4v) is 1.48. The van der Waals surface area contributed by atoms with E-state index in [0.717, 1.165) is 6.07 Å². The molecule has 0 spiro atoms. The maximum absolute atomic E-state index is 12.8. The molecule has 0 saturated carbocycles. The lowest BCUT2D eigenvalue weighted by molar-refractivity contribution is -0.137. The maximum atomic E-state index is 12.8. The molecule has 7 heteroatoms. The Morgan fingerprint density at radius 1 is 1.47 bits per heavy atom. The number of nitrogens with one attached hydrogen (secondary N) is 1. The first-order chi connectivity index (χ1) is 8.88. The van der Waals surface area contributed by atoms with Gasteiger partial charge in [-0.1, -0.05) is 0 Å². The molecular weight excluding hydrogens is 261 g/mol. The first-order valence-corrected chi connectivity index (χ1v) is 5.40. The highest BCUT2D eigenvalue weighted by Gasteiger charge is 2.33. The van der Waals surface area contributed by atoms with Gasteiger partial charge in [-0.05, 0) is 18.2 Å². The van der Waals surface area contributed by atoms with Crippen LogP contribution in [-0.4, -0.2) is 31.5 Å². The molecule has 1 atom stereocenters. The van der Waals surface area contributed by atoms with E-state index in [1.54, 1.807) is 6.07 Å². The number of benzene rings is 1. The molecule has 0 saturated heterocycles. The van der Waals surface area contributed by atoms with E-state index >= 15 is 0 Å². The second-order valence-electron chi connectivity index (χ2n) is 3.86. The van der Waals surface area contributed by atoms with Crippen molar-refractivity contribution in [1.82, 2.24) is 0 Å². The number of nitrogens with zero attached hydrogens (tertiary/aromatic N) is 1. The van der Waals surface area contributed by atoms with Crippen molar-refractivity contribution in [2.75, 3.05) is 25.6 Å². The molecule has 2 N–H and O–H groups in total. The molecule has 0 heterocycles. The zero-order chi connectivity index (χ0) is 14.5. The maximum Gasteiger partial charge on any atom is 0.418 e. The zero-order valence-electron chi connectivity index (χ0n) is 10.2. The molecule has 0 fully saturated rings. The smallest absolute Gasteiger partial charge is 0.389 e. The van der Waals surface area contributed by atoms with Crippen molar-refractivity contribution in [3.8, 4) is 6.07 Å². The number of hydrogen-bond acceptors (Lipinski definition) is 4. The number of nitriles is 1. The van der Waals surface area contributed by atoms with Gasteiger partial charge in [-0.3, -0.25) is 0 Å². The number of ether oxygens (including phenoxy) is 1. The van der Waals surface area contributed by atoms with Gasteiger partial charge in [0.05, 0.1) is 29.9 Å². The number of aliphatic hydroxyl groups is 1. The monoisotopic (exact) mass is 274 g/mol. The van der Waals surface area contributed by atoms with Crippen LogP contribution in [0.15, 0.2) is 18.2 Å².